The Labute approximate surface area is 217 Å². The summed E-state index contributed by atoms with van der Waals surface area (Å²) in [4.78, 5) is 40.8. The molecule has 9 heteroatoms. The van der Waals surface area contributed by atoms with Crippen molar-refractivity contribution in [1.82, 2.24) is 15.5 Å². The van der Waals surface area contributed by atoms with Crippen molar-refractivity contribution in [2.24, 2.45) is 5.41 Å². The Kier molecular flexibility index (Phi) is 8.79. The van der Waals surface area contributed by atoms with Gasteiger partial charge in [0.2, 0.25) is 11.8 Å². The number of rotatable bonds is 4. The number of fused-ring (bicyclic) bond motifs is 1. The van der Waals surface area contributed by atoms with E-state index in [1.54, 1.807) is 49.6 Å². The molecule has 0 aliphatic carbocycles. The predicted molar refractivity (Wildman–Crippen MR) is 141 cm³/mol. The second-order valence-corrected chi connectivity index (χ2v) is 9.37. The Balaban J connectivity index is 1.42. The fourth-order valence-electron chi connectivity index (χ4n) is 4.81. The zero-order valence-corrected chi connectivity index (χ0v) is 21.1. The number of nitrogens with one attached hydrogen (secondary N) is 3. The minimum Gasteiger partial charge on any atom is -0.497 e. The second-order valence-electron chi connectivity index (χ2n) is 9.37. The van der Waals surface area contributed by atoms with Crippen molar-refractivity contribution in [3.8, 4) is 11.5 Å². The Morgan fingerprint density at radius 3 is 2.68 bits per heavy atom. The van der Waals surface area contributed by atoms with Crippen LogP contribution in [0, 0.1) is 5.41 Å². The van der Waals surface area contributed by atoms with Crippen LogP contribution >= 0.6 is 0 Å². The zero-order chi connectivity index (χ0) is 26.1. The monoisotopic (exact) mass is 506 g/mol. The quantitative estimate of drug-likeness (QED) is 0.550. The molecule has 1 saturated heterocycles. The number of allylic oxidation sites excluding steroid dienone is 1. The molecule has 2 heterocycles. The number of methoxy groups -OCH3 is 1. The Morgan fingerprint density at radius 1 is 1.08 bits per heavy atom. The molecule has 9 nitrogen and oxygen atoms in total. The van der Waals surface area contributed by atoms with Gasteiger partial charge in [-0.3, -0.25) is 19.3 Å². The molecule has 37 heavy (non-hydrogen) atoms. The number of likely N-dealkylation sites (tertiary alicyclic amines) is 1. The molecule has 2 aromatic rings. The smallest absolute Gasteiger partial charge is 0.255 e. The van der Waals surface area contributed by atoms with Crippen LogP contribution in [0.4, 0.5) is 5.69 Å². The van der Waals surface area contributed by atoms with Crippen molar-refractivity contribution >= 4 is 23.4 Å². The predicted octanol–water partition coefficient (Wildman–Crippen LogP) is 2.60. The summed E-state index contributed by atoms with van der Waals surface area (Å²) in [5.41, 5.74) is 0.493. The highest BCUT2D eigenvalue weighted by Crippen LogP contribution is 2.34. The van der Waals surface area contributed by atoms with Crippen molar-refractivity contribution in [3.63, 3.8) is 0 Å². The van der Waals surface area contributed by atoms with Gasteiger partial charge in [0, 0.05) is 25.3 Å². The van der Waals surface area contributed by atoms with E-state index >= 15 is 0 Å². The largest absolute Gasteiger partial charge is 0.497 e. The summed E-state index contributed by atoms with van der Waals surface area (Å²) in [6.45, 7) is 2.31. The SMILES string of the molecule is COc1ccc(NC(=O)CN2CCCC3(CC=CCOc4ccccc4C(=O)NCCNC3=O)C2)cc1. The molecule has 1 fully saturated rings. The van der Waals surface area contributed by atoms with E-state index in [0.717, 1.165) is 25.1 Å². The number of carbonyl (C=O) groups excluding carboxylic acids is 3. The molecule has 3 N–H and O–H groups in total. The number of nitrogens with zero attached hydrogens (tertiary/aromatic N) is 1. The van der Waals surface area contributed by atoms with Crippen LogP contribution in [0.25, 0.3) is 0 Å². The van der Waals surface area contributed by atoms with Crippen LogP contribution in [-0.2, 0) is 9.59 Å². The average Bonchev–Trinajstić information content (AvgIpc) is 2.91. The normalized spacial score (nSPS) is 21.1. The van der Waals surface area contributed by atoms with E-state index in [1.165, 1.54) is 0 Å². The standard InChI is InChI=1S/C28H34N4O5/c1-36-22-11-9-21(10-12-22)31-25(33)19-32-17-6-14-28(20-32)13-4-5-18-37-24-8-3-2-7-23(24)26(34)29-15-16-30-27(28)35/h2-5,7-12H,6,13-20H2,1H3,(H,29,34)(H,30,35)(H,31,33). The van der Waals surface area contributed by atoms with Gasteiger partial charge in [0.25, 0.3) is 5.91 Å². The van der Waals surface area contributed by atoms with E-state index in [0.29, 0.717) is 43.1 Å². The maximum absolute atomic E-state index is 13.4. The first-order chi connectivity index (χ1) is 18.0. The molecule has 0 bridgehead atoms. The van der Waals surface area contributed by atoms with Crippen LogP contribution < -0.4 is 25.4 Å². The molecular weight excluding hydrogens is 472 g/mol. The summed E-state index contributed by atoms with van der Waals surface area (Å²) >= 11 is 0. The van der Waals surface area contributed by atoms with E-state index in [2.05, 4.69) is 16.0 Å². The molecule has 0 radical (unpaired) electrons. The molecule has 1 spiro atoms. The van der Waals surface area contributed by atoms with Crippen LogP contribution in [-0.4, -0.2) is 69.1 Å². The molecule has 2 aromatic carbocycles. The molecule has 1 unspecified atom stereocenters. The first-order valence-electron chi connectivity index (χ1n) is 12.6. The number of benzene rings is 2. The third-order valence-corrected chi connectivity index (χ3v) is 6.72. The van der Waals surface area contributed by atoms with Crippen LogP contribution in [0.3, 0.4) is 0 Å². The van der Waals surface area contributed by atoms with Crippen LogP contribution in [0.2, 0.25) is 0 Å². The molecule has 1 atom stereocenters. The summed E-state index contributed by atoms with van der Waals surface area (Å²) in [5, 5.41) is 8.77. The molecule has 2 aliphatic rings. The lowest BCUT2D eigenvalue weighted by Crippen LogP contribution is -2.53. The van der Waals surface area contributed by atoms with E-state index in [-0.39, 0.29) is 30.9 Å². The van der Waals surface area contributed by atoms with Gasteiger partial charge in [-0.25, -0.2) is 0 Å². The molecule has 0 aromatic heterocycles. The molecule has 3 amide bonds. The number of anilines is 1. The minimum absolute atomic E-state index is 0.0648. The molecular formula is C28H34N4O5. The van der Waals surface area contributed by atoms with Crippen LogP contribution in [0.5, 0.6) is 11.5 Å². The fraction of sp³-hybridized carbons (Fsp3) is 0.393. The Hall–Kier alpha value is -3.85. The number of amides is 3. The lowest BCUT2D eigenvalue weighted by molar-refractivity contribution is -0.135. The van der Waals surface area contributed by atoms with E-state index in [4.69, 9.17) is 9.47 Å². The minimum atomic E-state index is -0.665. The molecule has 196 valence electrons. The Bertz CT molecular complexity index is 1130. The highest BCUT2D eigenvalue weighted by Gasteiger charge is 2.41. The highest BCUT2D eigenvalue weighted by atomic mass is 16.5. The summed E-state index contributed by atoms with van der Waals surface area (Å²) in [6, 6.07) is 14.3. The number of carbonyl (C=O) groups is 3. The fourth-order valence-corrected chi connectivity index (χ4v) is 4.81. The zero-order valence-electron chi connectivity index (χ0n) is 21.1. The van der Waals surface area contributed by atoms with Gasteiger partial charge >= 0.3 is 0 Å². The summed E-state index contributed by atoms with van der Waals surface area (Å²) in [5.74, 6) is 0.802. The van der Waals surface area contributed by atoms with Crippen molar-refractivity contribution in [3.05, 3.63) is 66.2 Å². The van der Waals surface area contributed by atoms with Crippen molar-refractivity contribution in [1.29, 1.82) is 0 Å². The second kappa shape index (κ2) is 12.4. The average molecular weight is 507 g/mol. The van der Waals surface area contributed by atoms with Crippen molar-refractivity contribution in [2.75, 3.05) is 51.8 Å². The summed E-state index contributed by atoms with van der Waals surface area (Å²) in [7, 11) is 1.60. The first kappa shape index (κ1) is 26.2. The number of hydrogen-bond acceptors (Lipinski definition) is 6. The lowest BCUT2D eigenvalue weighted by Gasteiger charge is -2.41. The highest BCUT2D eigenvalue weighted by molar-refractivity contribution is 5.97. The summed E-state index contributed by atoms with van der Waals surface area (Å²) < 4.78 is 11.0. The van der Waals surface area contributed by atoms with E-state index < -0.39 is 5.41 Å². The van der Waals surface area contributed by atoms with Gasteiger partial charge in [0.1, 0.15) is 18.1 Å². The molecule has 4 rings (SSSR count). The lowest BCUT2D eigenvalue weighted by atomic mass is 9.76. The maximum Gasteiger partial charge on any atom is 0.255 e. The summed E-state index contributed by atoms with van der Waals surface area (Å²) in [6.07, 6.45) is 5.90. The molecule has 2 aliphatic heterocycles. The Morgan fingerprint density at radius 2 is 1.86 bits per heavy atom. The van der Waals surface area contributed by atoms with Crippen molar-refractivity contribution in [2.45, 2.75) is 19.3 Å². The van der Waals surface area contributed by atoms with Gasteiger partial charge in [-0.05, 0) is 62.2 Å². The van der Waals surface area contributed by atoms with Gasteiger partial charge in [-0.15, -0.1) is 0 Å². The first-order valence-corrected chi connectivity index (χ1v) is 12.6. The van der Waals surface area contributed by atoms with Crippen molar-refractivity contribution < 1.29 is 23.9 Å². The maximum atomic E-state index is 13.4. The third kappa shape index (κ3) is 6.89. The van der Waals surface area contributed by atoms with Crippen LogP contribution in [0.1, 0.15) is 29.6 Å². The number of ether oxygens (including phenoxy) is 2. The number of piperidine rings is 1. The topological polar surface area (TPSA) is 109 Å². The number of hydrogen-bond donors (Lipinski definition) is 3. The number of para-hydroxylation sites is 1. The third-order valence-electron chi connectivity index (χ3n) is 6.72. The van der Waals surface area contributed by atoms with Gasteiger partial charge < -0.3 is 25.4 Å². The molecule has 0 saturated carbocycles. The van der Waals surface area contributed by atoms with Gasteiger partial charge in [-0.2, -0.15) is 0 Å². The van der Waals surface area contributed by atoms with Gasteiger partial charge in [-0.1, -0.05) is 24.3 Å². The van der Waals surface area contributed by atoms with E-state index in [9.17, 15) is 14.4 Å². The van der Waals surface area contributed by atoms with E-state index in [1.807, 2.05) is 23.1 Å². The van der Waals surface area contributed by atoms with Crippen LogP contribution in [0.15, 0.2) is 60.7 Å². The van der Waals surface area contributed by atoms with Gasteiger partial charge in [0.05, 0.1) is 24.6 Å². The van der Waals surface area contributed by atoms with Gasteiger partial charge in [0.15, 0.2) is 0 Å².